The Morgan fingerprint density at radius 1 is 1.40 bits per heavy atom. The van der Waals surface area contributed by atoms with Gasteiger partial charge in [0.1, 0.15) is 5.37 Å². The van der Waals surface area contributed by atoms with Gasteiger partial charge in [0.25, 0.3) is 0 Å². The maximum absolute atomic E-state index is 12.3. The second kappa shape index (κ2) is 4.90. The summed E-state index contributed by atoms with van der Waals surface area (Å²) in [7, 11) is 0. The van der Waals surface area contributed by atoms with E-state index in [0.717, 1.165) is 12.1 Å². The summed E-state index contributed by atoms with van der Waals surface area (Å²) in [4.78, 5) is 18.7. The number of carbonyl (C=O) groups is 1. The molecule has 1 saturated heterocycles. The van der Waals surface area contributed by atoms with Crippen molar-refractivity contribution in [3.05, 3.63) is 46.3 Å². The largest absolute Gasteiger partial charge is 0.295 e. The molecule has 1 aromatic heterocycles. The number of thiophene rings is 1. The van der Waals surface area contributed by atoms with Crippen molar-refractivity contribution in [1.82, 2.24) is 4.90 Å². The summed E-state index contributed by atoms with van der Waals surface area (Å²) in [5.74, 6) is 1.20. The van der Waals surface area contributed by atoms with Crippen LogP contribution in [0.15, 0.2) is 45.7 Å². The van der Waals surface area contributed by atoms with Crippen molar-refractivity contribution in [2.45, 2.75) is 17.8 Å². The molecule has 3 heterocycles. The van der Waals surface area contributed by atoms with Crippen molar-refractivity contribution in [1.29, 1.82) is 0 Å². The summed E-state index contributed by atoms with van der Waals surface area (Å²) in [6, 6.07) is 2.39. The second-order valence-corrected chi connectivity index (χ2v) is 7.00. The zero-order chi connectivity index (χ0) is 13.5. The standard InChI is InChI=1S/C15H14N2OS2/c18-14-9-20-15(11-4-6-19-8-11)17(14)12-1-2-13-10(7-12)3-5-16-13/h1-2,4-8,10,13,15H,3,9H2. The first-order chi connectivity index (χ1) is 9.83. The van der Waals surface area contributed by atoms with Gasteiger partial charge < -0.3 is 0 Å². The number of fused-ring (bicyclic) bond motifs is 1. The van der Waals surface area contributed by atoms with Gasteiger partial charge in [0, 0.05) is 17.8 Å². The predicted octanol–water partition coefficient (Wildman–Crippen LogP) is 3.24. The highest BCUT2D eigenvalue weighted by Gasteiger charge is 2.36. The van der Waals surface area contributed by atoms with Crippen LogP contribution in [0.5, 0.6) is 0 Å². The van der Waals surface area contributed by atoms with Gasteiger partial charge >= 0.3 is 0 Å². The van der Waals surface area contributed by atoms with Gasteiger partial charge in [-0.25, -0.2) is 0 Å². The van der Waals surface area contributed by atoms with Crippen molar-refractivity contribution >= 4 is 35.2 Å². The molecule has 2 aliphatic heterocycles. The maximum Gasteiger partial charge on any atom is 0.238 e. The van der Waals surface area contributed by atoms with E-state index in [4.69, 9.17) is 0 Å². The Morgan fingerprint density at radius 2 is 2.35 bits per heavy atom. The van der Waals surface area contributed by atoms with E-state index in [2.05, 4.69) is 40.0 Å². The first kappa shape index (κ1) is 12.4. The van der Waals surface area contributed by atoms with Crippen molar-refractivity contribution in [2.75, 3.05) is 5.75 Å². The smallest absolute Gasteiger partial charge is 0.238 e. The molecule has 0 saturated carbocycles. The lowest BCUT2D eigenvalue weighted by atomic mass is 9.93. The molecule has 3 aliphatic rings. The fraction of sp³-hybridized carbons (Fsp3) is 0.333. The van der Waals surface area contributed by atoms with Gasteiger partial charge in [0.15, 0.2) is 0 Å². The molecule has 1 aliphatic carbocycles. The molecule has 3 atom stereocenters. The van der Waals surface area contributed by atoms with Gasteiger partial charge in [0.05, 0.1) is 11.8 Å². The third-order valence-electron chi connectivity index (χ3n) is 3.92. The third-order valence-corrected chi connectivity index (χ3v) is 5.83. The molecule has 3 unspecified atom stereocenters. The van der Waals surface area contributed by atoms with E-state index in [-0.39, 0.29) is 17.3 Å². The van der Waals surface area contributed by atoms with E-state index in [0.29, 0.717) is 11.7 Å². The molecule has 5 heteroatoms. The Morgan fingerprint density at radius 3 is 3.20 bits per heavy atom. The molecule has 4 rings (SSSR count). The van der Waals surface area contributed by atoms with E-state index in [1.165, 1.54) is 5.56 Å². The van der Waals surface area contributed by atoms with Crippen LogP contribution in [0.25, 0.3) is 0 Å². The minimum atomic E-state index is 0.128. The van der Waals surface area contributed by atoms with Crippen molar-refractivity contribution in [3.63, 3.8) is 0 Å². The quantitative estimate of drug-likeness (QED) is 0.840. The molecule has 1 aromatic rings. The summed E-state index contributed by atoms with van der Waals surface area (Å²) in [6.07, 6.45) is 9.39. The zero-order valence-corrected chi connectivity index (χ0v) is 12.4. The van der Waals surface area contributed by atoms with Gasteiger partial charge in [-0.2, -0.15) is 11.3 Å². The summed E-state index contributed by atoms with van der Waals surface area (Å²) < 4.78 is 0. The summed E-state index contributed by atoms with van der Waals surface area (Å²) >= 11 is 3.40. The molecule has 1 amide bonds. The van der Waals surface area contributed by atoms with Crippen LogP contribution in [-0.4, -0.2) is 28.8 Å². The average Bonchev–Trinajstić information content (AvgIpc) is 3.17. The molecule has 20 heavy (non-hydrogen) atoms. The Labute approximate surface area is 126 Å². The van der Waals surface area contributed by atoms with E-state index >= 15 is 0 Å². The molecule has 0 radical (unpaired) electrons. The number of nitrogens with zero attached hydrogens (tertiary/aromatic N) is 2. The fourth-order valence-corrected chi connectivity index (χ4v) is 4.84. The van der Waals surface area contributed by atoms with Crippen molar-refractivity contribution in [2.24, 2.45) is 10.9 Å². The highest BCUT2D eigenvalue weighted by atomic mass is 32.2. The average molecular weight is 302 g/mol. The van der Waals surface area contributed by atoms with Crippen molar-refractivity contribution in [3.8, 4) is 0 Å². The van der Waals surface area contributed by atoms with Crippen LogP contribution in [0.1, 0.15) is 17.4 Å². The number of hydrogen-bond acceptors (Lipinski definition) is 4. The Balaban J connectivity index is 1.66. The zero-order valence-electron chi connectivity index (χ0n) is 10.8. The van der Waals surface area contributed by atoms with E-state index in [9.17, 15) is 4.79 Å². The van der Waals surface area contributed by atoms with E-state index < -0.39 is 0 Å². The molecule has 0 aromatic carbocycles. The normalized spacial score (nSPS) is 31.8. The minimum absolute atomic E-state index is 0.128. The Hall–Kier alpha value is -1.33. The SMILES string of the molecule is O=C1CSC(c2ccsc2)N1C1=CC2CC=NC2C=C1. The lowest BCUT2D eigenvalue weighted by Gasteiger charge is -2.28. The van der Waals surface area contributed by atoms with Gasteiger partial charge in [0.2, 0.25) is 5.91 Å². The van der Waals surface area contributed by atoms with Gasteiger partial charge in [-0.05, 0) is 34.9 Å². The first-order valence-electron chi connectivity index (χ1n) is 6.70. The lowest BCUT2D eigenvalue weighted by molar-refractivity contribution is -0.126. The first-order valence-corrected chi connectivity index (χ1v) is 8.69. The fourth-order valence-electron chi connectivity index (χ4n) is 2.91. The Bertz CT molecular complexity index is 618. The highest BCUT2D eigenvalue weighted by Crippen LogP contribution is 2.43. The molecule has 3 nitrogen and oxygen atoms in total. The highest BCUT2D eigenvalue weighted by molar-refractivity contribution is 8.00. The summed E-state index contributed by atoms with van der Waals surface area (Å²) in [5.41, 5.74) is 2.27. The van der Waals surface area contributed by atoms with Gasteiger partial charge in [-0.1, -0.05) is 12.2 Å². The van der Waals surface area contributed by atoms with Gasteiger partial charge in [-0.3, -0.25) is 14.7 Å². The number of carbonyl (C=O) groups excluding carboxylic acids is 1. The molecule has 1 fully saturated rings. The molecular formula is C15H14N2OS2. The maximum atomic E-state index is 12.3. The van der Waals surface area contributed by atoms with Crippen LogP contribution in [0, 0.1) is 5.92 Å². The topological polar surface area (TPSA) is 32.7 Å². The van der Waals surface area contributed by atoms with Crippen LogP contribution in [0.4, 0.5) is 0 Å². The number of amides is 1. The molecule has 0 spiro atoms. The lowest BCUT2D eigenvalue weighted by Crippen LogP contribution is -2.29. The number of hydrogen-bond donors (Lipinski definition) is 0. The van der Waals surface area contributed by atoms with Crippen molar-refractivity contribution < 1.29 is 4.79 Å². The van der Waals surface area contributed by atoms with Crippen LogP contribution in [0.3, 0.4) is 0 Å². The van der Waals surface area contributed by atoms with Crippen LogP contribution >= 0.6 is 23.1 Å². The number of thioether (sulfide) groups is 1. The predicted molar refractivity (Wildman–Crippen MR) is 84.0 cm³/mol. The van der Waals surface area contributed by atoms with Crippen LogP contribution in [0.2, 0.25) is 0 Å². The van der Waals surface area contributed by atoms with Crippen LogP contribution in [-0.2, 0) is 4.79 Å². The number of rotatable bonds is 2. The number of aliphatic imine (C=N–C) groups is 1. The Kier molecular flexibility index (Phi) is 3.04. The third kappa shape index (κ3) is 1.96. The molecular weight excluding hydrogens is 288 g/mol. The molecule has 102 valence electrons. The van der Waals surface area contributed by atoms with Gasteiger partial charge in [-0.15, -0.1) is 11.8 Å². The van der Waals surface area contributed by atoms with Crippen LogP contribution < -0.4 is 0 Å². The second-order valence-electron chi connectivity index (χ2n) is 5.16. The van der Waals surface area contributed by atoms with E-state index in [1.807, 2.05) is 11.1 Å². The van der Waals surface area contributed by atoms with E-state index in [1.54, 1.807) is 23.1 Å². The summed E-state index contributed by atoms with van der Waals surface area (Å²) in [5, 5.41) is 4.34. The molecule has 0 bridgehead atoms. The minimum Gasteiger partial charge on any atom is -0.295 e. The molecule has 0 N–H and O–H groups in total. The monoisotopic (exact) mass is 302 g/mol. The summed E-state index contributed by atoms with van der Waals surface area (Å²) in [6.45, 7) is 0. The number of allylic oxidation sites excluding steroid dienone is 1.